The Morgan fingerprint density at radius 3 is 2.48 bits per heavy atom. The zero-order valence-electron chi connectivity index (χ0n) is 14.8. The SMILES string of the molecule is Cc1cccc(N2CCN(C(=O)Nc3ccccc3)[C@@H](C)C2=O)c1C. The molecule has 0 aliphatic carbocycles. The summed E-state index contributed by atoms with van der Waals surface area (Å²) >= 11 is 0. The molecule has 1 aliphatic heterocycles. The molecule has 5 heteroatoms. The summed E-state index contributed by atoms with van der Waals surface area (Å²) in [5, 5.41) is 2.85. The molecule has 1 N–H and O–H groups in total. The van der Waals surface area contributed by atoms with Gasteiger partial charge in [-0.05, 0) is 50.1 Å². The zero-order valence-corrected chi connectivity index (χ0v) is 14.8. The molecule has 1 fully saturated rings. The molecule has 0 saturated carbocycles. The number of urea groups is 1. The Labute approximate surface area is 148 Å². The molecule has 2 aromatic carbocycles. The highest BCUT2D eigenvalue weighted by Gasteiger charge is 2.35. The van der Waals surface area contributed by atoms with Gasteiger partial charge in [-0.25, -0.2) is 4.79 Å². The fourth-order valence-electron chi connectivity index (χ4n) is 3.13. The van der Waals surface area contributed by atoms with Crippen LogP contribution in [0.25, 0.3) is 0 Å². The number of para-hydroxylation sites is 1. The van der Waals surface area contributed by atoms with Crippen molar-refractivity contribution >= 4 is 23.3 Å². The number of hydrogen-bond donors (Lipinski definition) is 1. The van der Waals surface area contributed by atoms with Crippen LogP contribution in [-0.2, 0) is 4.79 Å². The first-order valence-electron chi connectivity index (χ1n) is 8.49. The topological polar surface area (TPSA) is 52.6 Å². The quantitative estimate of drug-likeness (QED) is 0.911. The first-order valence-corrected chi connectivity index (χ1v) is 8.49. The summed E-state index contributed by atoms with van der Waals surface area (Å²) < 4.78 is 0. The number of hydrogen-bond acceptors (Lipinski definition) is 2. The zero-order chi connectivity index (χ0) is 18.0. The molecule has 1 atom stereocenters. The fourth-order valence-corrected chi connectivity index (χ4v) is 3.13. The Hall–Kier alpha value is -2.82. The van der Waals surface area contributed by atoms with Gasteiger partial charge in [0, 0.05) is 24.5 Å². The molecular weight excluding hydrogens is 314 g/mol. The number of piperazine rings is 1. The van der Waals surface area contributed by atoms with Crippen LogP contribution in [0.5, 0.6) is 0 Å². The minimum atomic E-state index is -0.502. The van der Waals surface area contributed by atoms with Crippen molar-refractivity contribution in [3.8, 4) is 0 Å². The average Bonchev–Trinajstić information content (AvgIpc) is 2.61. The second kappa shape index (κ2) is 6.97. The molecule has 0 unspecified atom stereocenters. The lowest BCUT2D eigenvalue weighted by atomic mass is 10.1. The molecule has 0 bridgehead atoms. The Bertz CT molecular complexity index is 789. The van der Waals surface area contributed by atoms with Gasteiger partial charge in [0.15, 0.2) is 0 Å². The lowest BCUT2D eigenvalue weighted by Crippen LogP contribution is -2.58. The van der Waals surface area contributed by atoms with E-state index in [0.29, 0.717) is 13.1 Å². The number of nitrogens with zero attached hydrogens (tertiary/aromatic N) is 2. The van der Waals surface area contributed by atoms with Gasteiger partial charge in [-0.2, -0.15) is 0 Å². The Kier molecular flexibility index (Phi) is 4.74. The predicted molar refractivity (Wildman–Crippen MR) is 99.9 cm³/mol. The van der Waals surface area contributed by atoms with Crippen LogP contribution in [0.2, 0.25) is 0 Å². The maximum atomic E-state index is 12.9. The van der Waals surface area contributed by atoms with Crippen molar-refractivity contribution in [1.82, 2.24) is 4.90 Å². The highest BCUT2D eigenvalue weighted by atomic mass is 16.2. The largest absolute Gasteiger partial charge is 0.322 e. The first kappa shape index (κ1) is 17.0. The molecule has 25 heavy (non-hydrogen) atoms. The maximum Gasteiger partial charge on any atom is 0.322 e. The van der Waals surface area contributed by atoms with Crippen molar-refractivity contribution in [2.75, 3.05) is 23.3 Å². The van der Waals surface area contributed by atoms with Gasteiger partial charge in [-0.15, -0.1) is 0 Å². The second-order valence-electron chi connectivity index (χ2n) is 6.37. The van der Waals surface area contributed by atoms with Crippen LogP contribution < -0.4 is 10.2 Å². The number of aryl methyl sites for hydroxylation is 1. The van der Waals surface area contributed by atoms with Crippen molar-refractivity contribution in [3.05, 3.63) is 59.7 Å². The maximum absolute atomic E-state index is 12.9. The number of carbonyl (C=O) groups excluding carboxylic acids is 2. The van der Waals surface area contributed by atoms with E-state index in [4.69, 9.17) is 0 Å². The van der Waals surface area contributed by atoms with E-state index >= 15 is 0 Å². The summed E-state index contributed by atoms with van der Waals surface area (Å²) in [7, 11) is 0. The Morgan fingerprint density at radius 1 is 1.04 bits per heavy atom. The van der Waals surface area contributed by atoms with E-state index in [1.54, 1.807) is 16.7 Å². The van der Waals surface area contributed by atoms with Crippen LogP contribution in [0.4, 0.5) is 16.2 Å². The number of nitrogens with one attached hydrogen (secondary N) is 1. The number of rotatable bonds is 2. The average molecular weight is 337 g/mol. The molecule has 2 aromatic rings. The third-order valence-corrected chi connectivity index (χ3v) is 4.81. The van der Waals surface area contributed by atoms with E-state index in [2.05, 4.69) is 5.32 Å². The number of carbonyl (C=O) groups is 2. The molecule has 3 rings (SSSR count). The Morgan fingerprint density at radius 2 is 1.76 bits per heavy atom. The molecule has 1 saturated heterocycles. The van der Waals surface area contributed by atoms with E-state index in [1.165, 1.54) is 0 Å². The van der Waals surface area contributed by atoms with Crippen molar-refractivity contribution in [2.45, 2.75) is 26.8 Å². The van der Waals surface area contributed by atoms with Gasteiger partial charge in [0.1, 0.15) is 6.04 Å². The van der Waals surface area contributed by atoms with E-state index in [0.717, 1.165) is 22.5 Å². The highest BCUT2D eigenvalue weighted by Crippen LogP contribution is 2.26. The summed E-state index contributed by atoms with van der Waals surface area (Å²) in [5.74, 6) is -0.0526. The van der Waals surface area contributed by atoms with Gasteiger partial charge >= 0.3 is 6.03 Å². The van der Waals surface area contributed by atoms with Gasteiger partial charge < -0.3 is 15.1 Å². The normalized spacial score (nSPS) is 17.6. The van der Waals surface area contributed by atoms with Crippen molar-refractivity contribution < 1.29 is 9.59 Å². The lowest BCUT2D eigenvalue weighted by molar-refractivity contribution is -0.123. The van der Waals surface area contributed by atoms with E-state index in [1.807, 2.05) is 62.4 Å². The highest BCUT2D eigenvalue weighted by molar-refractivity contribution is 6.02. The lowest BCUT2D eigenvalue weighted by Gasteiger charge is -2.39. The second-order valence-corrected chi connectivity index (χ2v) is 6.37. The smallest absolute Gasteiger partial charge is 0.311 e. The third kappa shape index (κ3) is 3.36. The van der Waals surface area contributed by atoms with Crippen molar-refractivity contribution in [2.24, 2.45) is 0 Å². The van der Waals surface area contributed by atoms with E-state index in [9.17, 15) is 9.59 Å². The number of anilines is 2. The van der Waals surface area contributed by atoms with E-state index in [-0.39, 0.29) is 11.9 Å². The van der Waals surface area contributed by atoms with Crippen LogP contribution in [0.1, 0.15) is 18.1 Å². The molecule has 0 spiro atoms. The van der Waals surface area contributed by atoms with Crippen molar-refractivity contribution in [1.29, 1.82) is 0 Å². The standard InChI is InChI=1S/C20H23N3O2/c1-14-8-7-11-18(15(14)2)23-13-12-22(16(3)19(23)24)20(25)21-17-9-5-4-6-10-17/h4-11,16H,12-13H2,1-3H3,(H,21,25)/t16-/m0/s1. The van der Waals surface area contributed by atoms with Crippen LogP contribution in [0.15, 0.2) is 48.5 Å². The van der Waals surface area contributed by atoms with Gasteiger partial charge in [0.25, 0.3) is 0 Å². The molecule has 0 aromatic heterocycles. The molecule has 3 amide bonds. The summed E-state index contributed by atoms with van der Waals surface area (Å²) in [6, 6.07) is 14.5. The van der Waals surface area contributed by atoms with Gasteiger partial charge in [-0.3, -0.25) is 4.79 Å². The summed E-state index contributed by atoms with van der Waals surface area (Å²) in [4.78, 5) is 28.8. The van der Waals surface area contributed by atoms with Gasteiger partial charge in [0.05, 0.1) is 0 Å². The molecule has 1 aliphatic rings. The summed E-state index contributed by atoms with van der Waals surface area (Å²) in [6.45, 7) is 6.84. The number of benzene rings is 2. The molecule has 0 radical (unpaired) electrons. The summed E-state index contributed by atoms with van der Waals surface area (Å²) in [6.07, 6.45) is 0. The van der Waals surface area contributed by atoms with Crippen LogP contribution in [0.3, 0.4) is 0 Å². The first-order chi connectivity index (χ1) is 12.0. The number of amides is 3. The van der Waals surface area contributed by atoms with Gasteiger partial charge in [0.2, 0.25) is 5.91 Å². The van der Waals surface area contributed by atoms with E-state index < -0.39 is 6.04 Å². The van der Waals surface area contributed by atoms with Crippen LogP contribution in [0, 0.1) is 13.8 Å². The van der Waals surface area contributed by atoms with Crippen LogP contribution >= 0.6 is 0 Å². The van der Waals surface area contributed by atoms with Gasteiger partial charge in [-0.1, -0.05) is 30.3 Å². The minimum absolute atomic E-state index is 0.0526. The summed E-state index contributed by atoms with van der Waals surface area (Å²) in [5.41, 5.74) is 3.91. The minimum Gasteiger partial charge on any atom is -0.311 e. The Balaban J connectivity index is 1.75. The molecule has 1 heterocycles. The molecular formula is C20H23N3O2. The van der Waals surface area contributed by atoms with Crippen LogP contribution in [-0.4, -0.2) is 36.0 Å². The third-order valence-electron chi connectivity index (χ3n) is 4.81. The monoisotopic (exact) mass is 337 g/mol. The molecule has 130 valence electrons. The molecule has 5 nitrogen and oxygen atoms in total. The fraction of sp³-hybridized carbons (Fsp3) is 0.300. The predicted octanol–water partition coefficient (Wildman–Crippen LogP) is 3.57. The van der Waals surface area contributed by atoms with Crippen molar-refractivity contribution in [3.63, 3.8) is 0 Å².